The highest BCUT2D eigenvalue weighted by Crippen LogP contribution is 2.16. The van der Waals surface area contributed by atoms with Gasteiger partial charge in [0.1, 0.15) is 4.90 Å². The maximum Gasteiger partial charge on any atom is 0.244 e. The van der Waals surface area contributed by atoms with Gasteiger partial charge in [-0.1, -0.05) is 6.07 Å². The molecule has 3 heterocycles. The smallest absolute Gasteiger partial charge is 0.244 e. The fourth-order valence-corrected chi connectivity index (χ4v) is 3.77. The third-order valence-corrected chi connectivity index (χ3v) is 5.22. The van der Waals surface area contributed by atoms with Crippen molar-refractivity contribution < 1.29 is 17.9 Å². The molecular formula is C15H20N4O4S. The molecule has 8 nitrogen and oxygen atoms in total. The normalized spacial score (nSPS) is 21.7. The quantitative estimate of drug-likeness (QED) is 0.812. The second-order valence-electron chi connectivity index (χ2n) is 5.61. The second-order valence-corrected chi connectivity index (χ2v) is 7.33. The van der Waals surface area contributed by atoms with Crippen LogP contribution < -0.4 is 4.72 Å². The molecule has 0 amide bonds. The number of sulfonamides is 1. The van der Waals surface area contributed by atoms with E-state index in [9.17, 15) is 8.42 Å². The van der Waals surface area contributed by atoms with Crippen LogP contribution in [0, 0.1) is 0 Å². The van der Waals surface area contributed by atoms with Gasteiger partial charge in [0.2, 0.25) is 10.0 Å². The molecule has 24 heavy (non-hydrogen) atoms. The van der Waals surface area contributed by atoms with E-state index in [-0.39, 0.29) is 17.0 Å². The standard InChI is InChI=1S/C15H20N4O4S/c1-19-9-13(8-17-19)24(20,21)18-14-5-7-22-11-15(14)23-10-12-4-2-3-6-16-12/h2-4,6,8-9,14-15,18H,5,7,10-11H2,1H3/t14-,15-/m1/s1. The van der Waals surface area contributed by atoms with Crippen LogP contribution in [0.1, 0.15) is 12.1 Å². The molecule has 0 unspecified atom stereocenters. The molecule has 1 aliphatic rings. The first-order valence-electron chi connectivity index (χ1n) is 7.65. The lowest BCUT2D eigenvalue weighted by Gasteiger charge is -2.31. The molecule has 2 aromatic heterocycles. The number of hydrogen-bond acceptors (Lipinski definition) is 6. The van der Waals surface area contributed by atoms with Gasteiger partial charge in [0.05, 0.1) is 37.3 Å². The Morgan fingerprint density at radius 2 is 2.33 bits per heavy atom. The lowest BCUT2D eigenvalue weighted by Crippen LogP contribution is -2.49. The average molecular weight is 352 g/mol. The Morgan fingerprint density at radius 1 is 1.46 bits per heavy atom. The number of nitrogens with one attached hydrogen (secondary N) is 1. The van der Waals surface area contributed by atoms with E-state index in [1.54, 1.807) is 13.2 Å². The van der Waals surface area contributed by atoms with E-state index in [0.29, 0.717) is 26.2 Å². The van der Waals surface area contributed by atoms with Crippen molar-refractivity contribution in [2.24, 2.45) is 7.05 Å². The van der Waals surface area contributed by atoms with Crippen molar-refractivity contribution in [3.8, 4) is 0 Å². The van der Waals surface area contributed by atoms with Crippen molar-refractivity contribution in [3.63, 3.8) is 0 Å². The third-order valence-electron chi connectivity index (χ3n) is 3.77. The number of rotatable bonds is 6. The molecule has 130 valence electrons. The molecule has 9 heteroatoms. The van der Waals surface area contributed by atoms with Gasteiger partial charge in [-0.05, 0) is 18.6 Å². The van der Waals surface area contributed by atoms with Crippen LogP contribution in [0.2, 0.25) is 0 Å². The highest BCUT2D eigenvalue weighted by Gasteiger charge is 2.31. The van der Waals surface area contributed by atoms with Crippen molar-refractivity contribution in [1.29, 1.82) is 0 Å². The summed E-state index contributed by atoms with van der Waals surface area (Å²) in [4.78, 5) is 4.34. The first-order chi connectivity index (χ1) is 11.5. The molecule has 0 aliphatic carbocycles. The van der Waals surface area contributed by atoms with Gasteiger partial charge in [0.15, 0.2) is 0 Å². The van der Waals surface area contributed by atoms with Crippen LogP contribution in [0.4, 0.5) is 0 Å². The monoisotopic (exact) mass is 352 g/mol. The first kappa shape index (κ1) is 17.0. The van der Waals surface area contributed by atoms with Crippen LogP contribution in [0.25, 0.3) is 0 Å². The molecule has 0 aromatic carbocycles. The Labute approximate surface area is 140 Å². The maximum absolute atomic E-state index is 12.5. The highest BCUT2D eigenvalue weighted by atomic mass is 32.2. The van der Waals surface area contributed by atoms with E-state index in [1.165, 1.54) is 17.1 Å². The minimum atomic E-state index is -3.64. The lowest BCUT2D eigenvalue weighted by molar-refractivity contribution is -0.0718. The van der Waals surface area contributed by atoms with Crippen molar-refractivity contribution in [2.75, 3.05) is 13.2 Å². The van der Waals surface area contributed by atoms with Gasteiger partial charge >= 0.3 is 0 Å². The summed E-state index contributed by atoms with van der Waals surface area (Å²) in [5, 5.41) is 3.90. The predicted molar refractivity (Wildman–Crippen MR) is 85.6 cm³/mol. The Hall–Kier alpha value is -1.81. The molecule has 2 aromatic rings. The third kappa shape index (κ3) is 4.18. The number of hydrogen-bond donors (Lipinski definition) is 1. The van der Waals surface area contributed by atoms with Crippen molar-refractivity contribution in [3.05, 3.63) is 42.5 Å². The molecular weight excluding hydrogens is 332 g/mol. The Kier molecular flexibility index (Phi) is 5.24. The van der Waals surface area contributed by atoms with Gasteiger partial charge in [0, 0.05) is 26.0 Å². The summed E-state index contributed by atoms with van der Waals surface area (Å²) in [6, 6.07) is 5.22. The molecule has 2 atom stereocenters. The van der Waals surface area contributed by atoms with Gasteiger partial charge in [-0.25, -0.2) is 13.1 Å². The highest BCUT2D eigenvalue weighted by molar-refractivity contribution is 7.89. The number of pyridine rings is 1. The molecule has 1 saturated heterocycles. The lowest BCUT2D eigenvalue weighted by atomic mass is 10.1. The van der Waals surface area contributed by atoms with Gasteiger partial charge in [-0.3, -0.25) is 9.67 Å². The number of ether oxygens (including phenoxy) is 2. The van der Waals surface area contributed by atoms with Crippen LogP contribution in [-0.4, -0.2) is 48.5 Å². The summed E-state index contributed by atoms with van der Waals surface area (Å²) in [5.41, 5.74) is 0.789. The molecule has 0 bridgehead atoms. The summed E-state index contributed by atoms with van der Waals surface area (Å²) in [6.07, 6.45) is 4.66. The van der Waals surface area contributed by atoms with Crippen LogP contribution in [0.15, 0.2) is 41.7 Å². The van der Waals surface area contributed by atoms with Gasteiger partial charge < -0.3 is 9.47 Å². The first-order valence-corrected chi connectivity index (χ1v) is 9.13. The average Bonchev–Trinajstić information content (AvgIpc) is 3.02. The molecule has 0 saturated carbocycles. The number of aromatic nitrogens is 3. The Morgan fingerprint density at radius 3 is 3.04 bits per heavy atom. The van der Waals surface area contributed by atoms with Crippen LogP contribution >= 0.6 is 0 Å². The number of nitrogens with zero attached hydrogens (tertiary/aromatic N) is 3. The van der Waals surface area contributed by atoms with Gasteiger partial charge in [0.25, 0.3) is 0 Å². The van der Waals surface area contributed by atoms with E-state index in [2.05, 4.69) is 14.8 Å². The Balaban J connectivity index is 1.66. The molecule has 1 N–H and O–H groups in total. The zero-order chi connectivity index (χ0) is 17.0. The van der Waals surface area contributed by atoms with E-state index in [4.69, 9.17) is 9.47 Å². The van der Waals surface area contributed by atoms with Crippen molar-refractivity contribution >= 4 is 10.0 Å². The predicted octanol–water partition coefficient (Wildman–Crippen LogP) is 0.468. The van der Waals surface area contributed by atoms with Crippen LogP contribution in [-0.2, 0) is 33.2 Å². The zero-order valence-electron chi connectivity index (χ0n) is 13.3. The molecule has 1 aliphatic heterocycles. The topological polar surface area (TPSA) is 95.3 Å². The molecule has 0 spiro atoms. The summed E-state index contributed by atoms with van der Waals surface area (Å²) >= 11 is 0. The molecule has 1 fully saturated rings. The van der Waals surface area contributed by atoms with Crippen molar-refractivity contribution in [2.45, 2.75) is 30.1 Å². The largest absolute Gasteiger partial charge is 0.379 e. The summed E-state index contributed by atoms with van der Waals surface area (Å²) < 4.78 is 40.3. The SMILES string of the molecule is Cn1cc(S(=O)(=O)N[C@@H]2CCOC[C@H]2OCc2ccccn2)cn1. The summed E-state index contributed by atoms with van der Waals surface area (Å²) in [7, 11) is -1.97. The van der Waals surface area contributed by atoms with Gasteiger partial charge in [-0.2, -0.15) is 5.10 Å². The minimum absolute atomic E-state index is 0.139. The van der Waals surface area contributed by atoms with Crippen LogP contribution in [0.3, 0.4) is 0 Å². The summed E-state index contributed by atoms with van der Waals surface area (Å²) in [5.74, 6) is 0. The van der Waals surface area contributed by atoms with E-state index in [0.717, 1.165) is 5.69 Å². The number of aryl methyl sites for hydroxylation is 1. The van der Waals surface area contributed by atoms with Gasteiger partial charge in [-0.15, -0.1) is 0 Å². The van der Waals surface area contributed by atoms with E-state index < -0.39 is 10.0 Å². The zero-order valence-corrected chi connectivity index (χ0v) is 14.1. The molecule has 0 radical (unpaired) electrons. The fraction of sp³-hybridized carbons (Fsp3) is 0.467. The van der Waals surface area contributed by atoms with E-state index >= 15 is 0 Å². The maximum atomic E-state index is 12.5. The molecule has 3 rings (SSSR count). The summed E-state index contributed by atoms with van der Waals surface area (Å²) in [6.45, 7) is 1.14. The second kappa shape index (κ2) is 7.39. The Bertz CT molecular complexity index is 763. The van der Waals surface area contributed by atoms with Crippen LogP contribution in [0.5, 0.6) is 0 Å². The van der Waals surface area contributed by atoms with E-state index in [1.807, 2.05) is 18.2 Å². The van der Waals surface area contributed by atoms with Crippen molar-refractivity contribution in [1.82, 2.24) is 19.5 Å². The fourth-order valence-electron chi connectivity index (χ4n) is 2.49. The minimum Gasteiger partial charge on any atom is -0.379 e.